The molecule has 0 aromatic heterocycles. The van der Waals surface area contributed by atoms with Gasteiger partial charge in [0.25, 0.3) is 0 Å². The van der Waals surface area contributed by atoms with Gasteiger partial charge in [0.2, 0.25) is 0 Å². The van der Waals surface area contributed by atoms with Crippen molar-refractivity contribution >= 4 is 15.9 Å². The summed E-state index contributed by atoms with van der Waals surface area (Å²) in [6.07, 6.45) is 0.0750. The number of hydrogen-bond acceptors (Lipinski definition) is 3. The van der Waals surface area contributed by atoms with Crippen LogP contribution < -0.4 is 5.73 Å². The van der Waals surface area contributed by atoms with Crippen LogP contribution in [0.4, 0.5) is 4.39 Å². The first kappa shape index (κ1) is 11.0. The predicted octanol–water partition coefficient (Wildman–Crippen LogP) is 2.21. The van der Waals surface area contributed by atoms with Crippen molar-refractivity contribution in [3.05, 3.63) is 28.0 Å². The Hall–Kier alpha value is -1.12. The van der Waals surface area contributed by atoms with Crippen LogP contribution in [0.1, 0.15) is 18.0 Å². The van der Waals surface area contributed by atoms with E-state index in [1.807, 2.05) is 6.07 Å². The second kappa shape index (κ2) is 4.40. The molecule has 14 heavy (non-hydrogen) atoms. The first-order valence-electron chi connectivity index (χ1n) is 3.86. The van der Waals surface area contributed by atoms with E-state index in [1.165, 1.54) is 6.07 Å². The van der Waals surface area contributed by atoms with Gasteiger partial charge in [-0.25, -0.2) is 4.39 Å². The Bertz CT molecular complexity index is 389. The molecule has 1 unspecified atom stereocenters. The summed E-state index contributed by atoms with van der Waals surface area (Å²) in [6.45, 7) is 0. The van der Waals surface area contributed by atoms with E-state index < -0.39 is 11.9 Å². The molecule has 0 bridgehead atoms. The number of nitrogens with two attached hydrogens (primary N) is 1. The van der Waals surface area contributed by atoms with Gasteiger partial charge >= 0.3 is 0 Å². The van der Waals surface area contributed by atoms with Gasteiger partial charge in [0.05, 0.1) is 17.0 Å². The summed E-state index contributed by atoms with van der Waals surface area (Å²) in [6, 6.07) is 3.63. The van der Waals surface area contributed by atoms with Crippen LogP contribution in [0.15, 0.2) is 16.6 Å². The first-order chi connectivity index (χ1) is 6.56. The van der Waals surface area contributed by atoms with Crippen molar-refractivity contribution in [1.29, 1.82) is 5.26 Å². The van der Waals surface area contributed by atoms with Crippen LogP contribution in [0.5, 0.6) is 5.75 Å². The van der Waals surface area contributed by atoms with Gasteiger partial charge in [-0.05, 0) is 22.0 Å². The van der Waals surface area contributed by atoms with E-state index in [9.17, 15) is 9.50 Å². The molecule has 74 valence electrons. The molecular formula is C9H8BrFN2O. The number of nitrogens with zero attached hydrogens (tertiary/aromatic N) is 1. The molecule has 0 fully saturated rings. The zero-order chi connectivity index (χ0) is 10.7. The number of phenols is 1. The molecule has 1 aromatic carbocycles. The summed E-state index contributed by atoms with van der Waals surface area (Å²) >= 11 is 2.98. The number of benzene rings is 1. The summed E-state index contributed by atoms with van der Waals surface area (Å²) in [5.41, 5.74) is 5.96. The molecule has 5 heteroatoms. The number of rotatable bonds is 2. The number of nitriles is 1. The molecule has 3 N–H and O–H groups in total. The predicted molar refractivity (Wildman–Crippen MR) is 52.9 cm³/mol. The van der Waals surface area contributed by atoms with Crippen molar-refractivity contribution < 1.29 is 9.50 Å². The molecule has 0 saturated carbocycles. The average molecular weight is 259 g/mol. The third-order valence-electron chi connectivity index (χ3n) is 1.78. The minimum Gasteiger partial charge on any atom is -0.508 e. The van der Waals surface area contributed by atoms with Gasteiger partial charge < -0.3 is 10.8 Å². The summed E-state index contributed by atoms with van der Waals surface area (Å²) in [7, 11) is 0. The molecule has 3 nitrogen and oxygen atoms in total. The Morgan fingerprint density at radius 3 is 2.86 bits per heavy atom. The summed E-state index contributed by atoms with van der Waals surface area (Å²) in [4.78, 5) is 0. The summed E-state index contributed by atoms with van der Waals surface area (Å²) in [5, 5.41) is 17.8. The smallest absolute Gasteiger partial charge is 0.141 e. The fraction of sp³-hybridized carbons (Fsp3) is 0.222. The molecule has 0 saturated heterocycles. The molecule has 0 aliphatic rings. The Morgan fingerprint density at radius 1 is 1.64 bits per heavy atom. The number of aromatic hydroxyl groups is 1. The van der Waals surface area contributed by atoms with Crippen LogP contribution >= 0.6 is 15.9 Å². The van der Waals surface area contributed by atoms with Crippen LogP contribution in [-0.4, -0.2) is 5.11 Å². The monoisotopic (exact) mass is 258 g/mol. The van der Waals surface area contributed by atoms with Crippen molar-refractivity contribution in [2.45, 2.75) is 12.5 Å². The normalized spacial score (nSPS) is 12.1. The van der Waals surface area contributed by atoms with Gasteiger partial charge in [0.15, 0.2) is 0 Å². The lowest BCUT2D eigenvalue weighted by atomic mass is 10.0. The van der Waals surface area contributed by atoms with E-state index in [-0.39, 0.29) is 16.6 Å². The van der Waals surface area contributed by atoms with Crippen LogP contribution in [0, 0.1) is 17.1 Å². The number of halogens is 2. The molecule has 0 amide bonds. The maximum atomic E-state index is 12.9. The highest BCUT2D eigenvalue weighted by atomic mass is 79.9. The third-order valence-corrected chi connectivity index (χ3v) is 2.39. The van der Waals surface area contributed by atoms with Gasteiger partial charge in [0, 0.05) is 17.7 Å². The van der Waals surface area contributed by atoms with Gasteiger partial charge in [-0.15, -0.1) is 0 Å². The van der Waals surface area contributed by atoms with Gasteiger partial charge in [0.1, 0.15) is 11.6 Å². The zero-order valence-electron chi connectivity index (χ0n) is 7.17. The van der Waals surface area contributed by atoms with Crippen LogP contribution in [-0.2, 0) is 0 Å². The largest absolute Gasteiger partial charge is 0.508 e. The molecular weight excluding hydrogens is 251 g/mol. The standard InChI is InChI=1S/C9H8BrFN2O/c10-6-3-5(8(13)1-2-12)9(14)4-7(6)11/h3-4,8,14H,1,13H2. The van der Waals surface area contributed by atoms with Crippen molar-refractivity contribution in [3.63, 3.8) is 0 Å². The Balaban J connectivity index is 3.10. The first-order valence-corrected chi connectivity index (χ1v) is 4.66. The fourth-order valence-electron chi connectivity index (χ4n) is 1.06. The second-order valence-electron chi connectivity index (χ2n) is 2.79. The molecule has 1 atom stereocenters. The highest BCUT2D eigenvalue weighted by molar-refractivity contribution is 9.10. The third kappa shape index (κ3) is 2.22. The maximum absolute atomic E-state index is 12.9. The number of phenolic OH excluding ortho intramolecular Hbond substituents is 1. The Morgan fingerprint density at radius 2 is 2.29 bits per heavy atom. The Kier molecular flexibility index (Phi) is 3.44. The van der Waals surface area contributed by atoms with E-state index in [2.05, 4.69) is 15.9 Å². The minimum absolute atomic E-state index is 0.0750. The average Bonchev–Trinajstić information content (AvgIpc) is 2.11. The van der Waals surface area contributed by atoms with Crippen LogP contribution in [0.3, 0.4) is 0 Å². The van der Waals surface area contributed by atoms with E-state index in [4.69, 9.17) is 11.0 Å². The summed E-state index contributed by atoms with van der Waals surface area (Å²) < 4.78 is 13.1. The Labute approximate surface area is 89.1 Å². The van der Waals surface area contributed by atoms with Gasteiger partial charge in [-0.1, -0.05) is 0 Å². The molecule has 0 aliphatic carbocycles. The lowest BCUT2D eigenvalue weighted by Crippen LogP contribution is -2.09. The lowest BCUT2D eigenvalue weighted by Gasteiger charge is -2.10. The SMILES string of the molecule is N#CCC(N)c1cc(Br)c(F)cc1O. The second-order valence-corrected chi connectivity index (χ2v) is 3.65. The lowest BCUT2D eigenvalue weighted by molar-refractivity contribution is 0.455. The van der Waals surface area contributed by atoms with E-state index in [1.54, 1.807) is 0 Å². The van der Waals surface area contributed by atoms with E-state index in [0.717, 1.165) is 6.07 Å². The van der Waals surface area contributed by atoms with Crippen LogP contribution in [0.2, 0.25) is 0 Å². The highest BCUT2D eigenvalue weighted by Gasteiger charge is 2.13. The molecule has 1 aromatic rings. The van der Waals surface area contributed by atoms with E-state index in [0.29, 0.717) is 5.56 Å². The van der Waals surface area contributed by atoms with E-state index >= 15 is 0 Å². The highest BCUT2D eigenvalue weighted by Crippen LogP contribution is 2.29. The van der Waals surface area contributed by atoms with Gasteiger partial charge in [-0.3, -0.25) is 0 Å². The van der Waals surface area contributed by atoms with Crippen molar-refractivity contribution in [2.75, 3.05) is 0 Å². The molecule has 1 rings (SSSR count). The zero-order valence-corrected chi connectivity index (χ0v) is 8.75. The molecule has 0 radical (unpaired) electrons. The minimum atomic E-state index is -0.600. The van der Waals surface area contributed by atoms with Gasteiger partial charge in [-0.2, -0.15) is 5.26 Å². The van der Waals surface area contributed by atoms with Crippen LogP contribution in [0.25, 0.3) is 0 Å². The van der Waals surface area contributed by atoms with Crippen molar-refractivity contribution in [1.82, 2.24) is 0 Å². The van der Waals surface area contributed by atoms with Crippen molar-refractivity contribution in [2.24, 2.45) is 5.73 Å². The fourth-order valence-corrected chi connectivity index (χ4v) is 1.42. The molecule has 0 spiro atoms. The molecule has 0 aliphatic heterocycles. The quantitative estimate of drug-likeness (QED) is 0.855. The maximum Gasteiger partial charge on any atom is 0.141 e. The topological polar surface area (TPSA) is 70.0 Å². The summed E-state index contributed by atoms with van der Waals surface area (Å²) in [5.74, 6) is -0.788. The van der Waals surface area contributed by atoms with Crippen molar-refractivity contribution in [3.8, 4) is 11.8 Å². The molecule has 0 heterocycles. The number of hydrogen-bond donors (Lipinski definition) is 2.